The van der Waals surface area contributed by atoms with Crippen LogP contribution in [-0.2, 0) is 6.54 Å². The molecular weight excluding hydrogens is 262 g/mol. The topological polar surface area (TPSA) is 39.1 Å². The van der Waals surface area contributed by atoms with E-state index in [0.717, 1.165) is 11.1 Å². The summed E-state index contributed by atoms with van der Waals surface area (Å²) < 4.78 is 1.82. The highest BCUT2D eigenvalue weighted by atomic mass is 16.1. The quantitative estimate of drug-likeness (QED) is 0.690. The van der Waals surface area contributed by atoms with Crippen molar-refractivity contribution in [2.24, 2.45) is 0 Å². The fourth-order valence-electron chi connectivity index (χ4n) is 2.46. The average molecular weight is 277 g/mol. The third-order valence-electron chi connectivity index (χ3n) is 3.54. The number of carbonyl (C=O) groups is 1. The van der Waals surface area contributed by atoms with Crippen LogP contribution < -0.4 is 5.43 Å². The highest BCUT2D eigenvalue weighted by Crippen LogP contribution is 2.12. The molecule has 0 spiro atoms. The molecule has 0 atom stereocenters. The first-order chi connectivity index (χ1) is 10.1. The van der Waals surface area contributed by atoms with Gasteiger partial charge in [0.25, 0.3) is 0 Å². The lowest BCUT2D eigenvalue weighted by molar-refractivity contribution is 0.0973. The molecule has 0 radical (unpaired) electrons. The number of Topliss-reactive ketones (excluding diaryl/α,β-unsaturated/α-hetero) is 1. The largest absolute Gasteiger partial charge is 0.339 e. The van der Waals surface area contributed by atoms with Gasteiger partial charge in [-0.1, -0.05) is 35.9 Å². The lowest BCUT2D eigenvalue weighted by Crippen LogP contribution is -2.14. The summed E-state index contributed by atoms with van der Waals surface area (Å²) >= 11 is 0. The van der Waals surface area contributed by atoms with Crippen molar-refractivity contribution in [3.8, 4) is 0 Å². The number of hydrogen-bond acceptors (Lipinski definition) is 2. The number of hydrogen-bond donors (Lipinski definition) is 0. The van der Waals surface area contributed by atoms with E-state index in [-0.39, 0.29) is 17.8 Å². The third kappa shape index (κ3) is 2.63. The van der Waals surface area contributed by atoms with Crippen LogP contribution in [-0.4, -0.2) is 10.4 Å². The predicted molar refractivity (Wildman–Crippen MR) is 83.7 cm³/mol. The average Bonchev–Trinajstić information content (AvgIpc) is 2.50. The number of para-hydroxylation sites is 1. The normalized spacial score (nSPS) is 10.7. The Kier molecular flexibility index (Phi) is 3.40. The number of fused-ring (bicyclic) bond motifs is 1. The van der Waals surface area contributed by atoms with Crippen molar-refractivity contribution in [3.05, 3.63) is 82.1 Å². The molecule has 1 heterocycles. The minimum Gasteiger partial charge on any atom is -0.339 e. The minimum absolute atomic E-state index is 0.0233. The molecule has 3 heteroatoms. The van der Waals surface area contributed by atoms with Gasteiger partial charge in [0.15, 0.2) is 11.2 Å². The van der Waals surface area contributed by atoms with Gasteiger partial charge in [0, 0.05) is 23.2 Å². The van der Waals surface area contributed by atoms with E-state index in [9.17, 15) is 9.59 Å². The van der Waals surface area contributed by atoms with Crippen molar-refractivity contribution in [3.63, 3.8) is 0 Å². The molecule has 2 aromatic carbocycles. The van der Waals surface area contributed by atoms with Crippen molar-refractivity contribution in [1.82, 2.24) is 4.57 Å². The molecule has 3 rings (SSSR count). The van der Waals surface area contributed by atoms with E-state index in [1.807, 2.05) is 54.0 Å². The van der Waals surface area contributed by atoms with Crippen molar-refractivity contribution >= 4 is 16.7 Å². The van der Waals surface area contributed by atoms with Crippen LogP contribution in [0.5, 0.6) is 0 Å². The summed E-state index contributed by atoms with van der Waals surface area (Å²) in [5.74, 6) is 0.0347. The van der Waals surface area contributed by atoms with Crippen molar-refractivity contribution in [2.45, 2.75) is 13.5 Å². The molecular formula is C18H15NO2. The van der Waals surface area contributed by atoms with E-state index in [4.69, 9.17) is 0 Å². The second-order valence-electron chi connectivity index (χ2n) is 5.12. The Labute approximate surface area is 122 Å². The van der Waals surface area contributed by atoms with Gasteiger partial charge < -0.3 is 4.57 Å². The fraction of sp³-hybridized carbons (Fsp3) is 0.111. The molecule has 0 saturated carbocycles. The molecule has 104 valence electrons. The van der Waals surface area contributed by atoms with Crippen LogP contribution in [0.1, 0.15) is 15.9 Å². The van der Waals surface area contributed by atoms with Crippen LogP contribution in [0.4, 0.5) is 0 Å². The van der Waals surface area contributed by atoms with Gasteiger partial charge in [-0.25, -0.2) is 0 Å². The number of carbonyl (C=O) groups excluding carboxylic acids is 1. The predicted octanol–water partition coefficient (Wildman–Crippen LogP) is 3.19. The molecule has 0 unspecified atom stereocenters. The van der Waals surface area contributed by atoms with Crippen LogP contribution in [0.3, 0.4) is 0 Å². The van der Waals surface area contributed by atoms with Crippen molar-refractivity contribution in [1.29, 1.82) is 0 Å². The molecule has 0 saturated heterocycles. The maximum atomic E-state index is 12.4. The molecule has 0 amide bonds. The Morgan fingerprint density at radius 1 is 1.05 bits per heavy atom. The number of aromatic nitrogens is 1. The number of aryl methyl sites for hydroxylation is 1. The van der Waals surface area contributed by atoms with E-state index in [0.29, 0.717) is 10.9 Å². The summed E-state index contributed by atoms with van der Waals surface area (Å²) in [4.78, 5) is 24.2. The SMILES string of the molecule is Cc1cccc(C(=O)Cn2ccc(=O)c3ccccc32)c1. The van der Waals surface area contributed by atoms with Gasteiger partial charge in [-0.2, -0.15) is 0 Å². The number of nitrogens with zero attached hydrogens (tertiary/aromatic N) is 1. The van der Waals surface area contributed by atoms with Gasteiger partial charge in [-0.3, -0.25) is 9.59 Å². The molecule has 0 N–H and O–H groups in total. The number of benzene rings is 2. The fourth-order valence-corrected chi connectivity index (χ4v) is 2.46. The Hall–Kier alpha value is -2.68. The van der Waals surface area contributed by atoms with E-state index in [1.165, 1.54) is 6.07 Å². The zero-order valence-electron chi connectivity index (χ0n) is 11.7. The summed E-state index contributed by atoms with van der Waals surface area (Å²) in [5, 5.41) is 0.636. The maximum Gasteiger partial charge on any atom is 0.189 e. The smallest absolute Gasteiger partial charge is 0.189 e. The van der Waals surface area contributed by atoms with Crippen molar-refractivity contribution < 1.29 is 4.79 Å². The molecule has 0 aliphatic heterocycles. The Balaban J connectivity index is 2.01. The molecule has 3 aromatic rings. The standard InChI is InChI=1S/C18H15NO2/c1-13-5-4-6-14(11-13)18(21)12-19-10-9-17(20)15-7-2-3-8-16(15)19/h2-11H,12H2,1H3. The van der Waals surface area contributed by atoms with Gasteiger partial charge in [-0.05, 0) is 25.1 Å². The van der Waals surface area contributed by atoms with Crippen LogP contribution in [0.15, 0.2) is 65.6 Å². The zero-order valence-corrected chi connectivity index (χ0v) is 11.7. The van der Waals surface area contributed by atoms with E-state index >= 15 is 0 Å². The van der Waals surface area contributed by atoms with Gasteiger partial charge in [0.1, 0.15) is 0 Å². The second kappa shape index (κ2) is 5.37. The summed E-state index contributed by atoms with van der Waals surface area (Å²) in [5.41, 5.74) is 2.51. The Bertz CT molecular complexity index is 878. The third-order valence-corrected chi connectivity index (χ3v) is 3.54. The molecule has 0 aliphatic carbocycles. The molecule has 0 fully saturated rings. The summed E-state index contributed by atoms with van der Waals surface area (Å²) in [6.45, 7) is 2.19. The summed E-state index contributed by atoms with van der Waals surface area (Å²) in [7, 11) is 0. The van der Waals surface area contributed by atoms with E-state index in [2.05, 4.69) is 0 Å². The van der Waals surface area contributed by atoms with Gasteiger partial charge in [-0.15, -0.1) is 0 Å². The first-order valence-corrected chi connectivity index (χ1v) is 6.83. The molecule has 3 nitrogen and oxygen atoms in total. The Morgan fingerprint density at radius 3 is 2.67 bits per heavy atom. The second-order valence-corrected chi connectivity index (χ2v) is 5.12. The highest BCUT2D eigenvalue weighted by molar-refractivity contribution is 5.96. The number of rotatable bonds is 3. The van der Waals surface area contributed by atoms with Crippen LogP contribution in [0.25, 0.3) is 10.9 Å². The number of pyridine rings is 1. The monoisotopic (exact) mass is 277 g/mol. The highest BCUT2D eigenvalue weighted by Gasteiger charge is 2.09. The Morgan fingerprint density at radius 2 is 1.86 bits per heavy atom. The molecule has 21 heavy (non-hydrogen) atoms. The van der Waals surface area contributed by atoms with Crippen LogP contribution >= 0.6 is 0 Å². The minimum atomic E-state index is -0.0233. The molecule has 1 aromatic heterocycles. The van der Waals surface area contributed by atoms with Gasteiger partial charge >= 0.3 is 0 Å². The summed E-state index contributed by atoms with van der Waals surface area (Å²) in [6, 6.07) is 16.4. The first kappa shape index (κ1) is 13.3. The van der Waals surface area contributed by atoms with Gasteiger partial charge in [0.05, 0.1) is 12.1 Å². The molecule has 0 aliphatic rings. The molecule has 0 bridgehead atoms. The van der Waals surface area contributed by atoms with Crippen LogP contribution in [0.2, 0.25) is 0 Å². The lowest BCUT2D eigenvalue weighted by atomic mass is 10.1. The first-order valence-electron chi connectivity index (χ1n) is 6.83. The van der Waals surface area contributed by atoms with Crippen LogP contribution in [0, 0.1) is 6.92 Å². The summed E-state index contributed by atoms with van der Waals surface area (Å²) in [6.07, 6.45) is 1.68. The van der Waals surface area contributed by atoms with Gasteiger partial charge in [0.2, 0.25) is 0 Å². The van der Waals surface area contributed by atoms with Crippen molar-refractivity contribution in [2.75, 3.05) is 0 Å². The zero-order chi connectivity index (χ0) is 14.8. The lowest BCUT2D eigenvalue weighted by Gasteiger charge is -2.10. The number of ketones is 1. The maximum absolute atomic E-state index is 12.4. The van der Waals surface area contributed by atoms with E-state index < -0.39 is 0 Å². The van der Waals surface area contributed by atoms with E-state index in [1.54, 1.807) is 12.3 Å².